The molecule has 1 heterocycles. The predicted molar refractivity (Wildman–Crippen MR) is 126 cm³/mol. The first kappa shape index (κ1) is 21.8. The maximum absolute atomic E-state index is 13.3. The van der Waals surface area contributed by atoms with Crippen molar-refractivity contribution in [3.8, 4) is 22.7 Å². The predicted octanol–water partition coefficient (Wildman–Crippen LogP) is 4.82. The van der Waals surface area contributed by atoms with E-state index in [1.165, 1.54) is 0 Å². The number of anilines is 1. The number of carbonyl (C=O) groups is 2. The molecule has 0 bridgehead atoms. The number of methoxy groups -OCH3 is 1. The average molecular weight is 441 g/mol. The van der Waals surface area contributed by atoms with Crippen LogP contribution in [0.5, 0.6) is 5.75 Å². The molecule has 1 aromatic heterocycles. The first-order valence-corrected chi connectivity index (χ1v) is 10.4. The number of hydrogen-bond acceptors (Lipinski definition) is 4. The molecule has 0 atom stereocenters. The molecule has 0 saturated heterocycles. The molecule has 0 aliphatic heterocycles. The summed E-state index contributed by atoms with van der Waals surface area (Å²) in [6.45, 7) is 0. The van der Waals surface area contributed by atoms with Crippen molar-refractivity contribution in [2.24, 2.45) is 0 Å². The zero-order chi connectivity index (χ0) is 23.2. The van der Waals surface area contributed by atoms with Crippen molar-refractivity contribution < 1.29 is 19.4 Å². The summed E-state index contributed by atoms with van der Waals surface area (Å²) in [5.74, 6) is -0.509. The maximum atomic E-state index is 13.3. The normalized spacial score (nSPS) is 10.6. The van der Waals surface area contributed by atoms with Crippen LogP contribution in [0.3, 0.4) is 0 Å². The molecule has 0 radical (unpaired) electrons. The molecule has 0 unspecified atom stereocenters. The van der Waals surface area contributed by atoms with Gasteiger partial charge in [-0.1, -0.05) is 42.5 Å². The quantitative estimate of drug-likeness (QED) is 0.409. The van der Waals surface area contributed by atoms with Crippen molar-refractivity contribution >= 4 is 17.6 Å². The van der Waals surface area contributed by atoms with Gasteiger partial charge in [0.05, 0.1) is 18.4 Å². The molecule has 3 aromatic carbocycles. The van der Waals surface area contributed by atoms with E-state index in [1.54, 1.807) is 36.2 Å². The van der Waals surface area contributed by atoms with Crippen LogP contribution in [0.2, 0.25) is 0 Å². The number of aliphatic carboxylic acids is 1. The van der Waals surface area contributed by atoms with E-state index in [0.717, 1.165) is 16.8 Å². The molecule has 7 heteroatoms. The molecule has 4 rings (SSSR count). The van der Waals surface area contributed by atoms with Crippen LogP contribution in [0.25, 0.3) is 16.9 Å². The van der Waals surface area contributed by atoms with Crippen molar-refractivity contribution in [3.05, 3.63) is 96.2 Å². The minimum Gasteiger partial charge on any atom is -0.497 e. The van der Waals surface area contributed by atoms with Crippen LogP contribution in [0.15, 0.2) is 85.1 Å². The fraction of sp³-hybridized carbons (Fsp3) is 0.115. The van der Waals surface area contributed by atoms with Crippen molar-refractivity contribution in [2.45, 2.75) is 12.8 Å². The van der Waals surface area contributed by atoms with Crippen molar-refractivity contribution in [3.63, 3.8) is 0 Å². The molecule has 4 aromatic rings. The Kier molecular flexibility index (Phi) is 6.50. The Morgan fingerprint density at radius 3 is 2.55 bits per heavy atom. The summed E-state index contributed by atoms with van der Waals surface area (Å²) in [5, 5.41) is 16.5. The van der Waals surface area contributed by atoms with E-state index in [-0.39, 0.29) is 12.3 Å². The summed E-state index contributed by atoms with van der Waals surface area (Å²) in [6, 6.07) is 24.1. The Balaban J connectivity index is 1.68. The van der Waals surface area contributed by atoms with E-state index < -0.39 is 5.97 Å². The van der Waals surface area contributed by atoms with Gasteiger partial charge in [-0.3, -0.25) is 9.59 Å². The highest BCUT2D eigenvalue weighted by atomic mass is 16.5. The summed E-state index contributed by atoms with van der Waals surface area (Å²) < 4.78 is 7.01. The summed E-state index contributed by atoms with van der Waals surface area (Å²) in [5.41, 5.74) is 3.94. The first-order valence-electron chi connectivity index (χ1n) is 10.4. The number of aryl methyl sites for hydroxylation is 1. The maximum Gasteiger partial charge on any atom is 0.303 e. The van der Waals surface area contributed by atoms with E-state index in [1.807, 2.05) is 60.7 Å². The lowest BCUT2D eigenvalue weighted by Gasteiger charge is -2.08. The van der Waals surface area contributed by atoms with Gasteiger partial charge in [-0.05, 0) is 48.4 Å². The van der Waals surface area contributed by atoms with Gasteiger partial charge in [0.25, 0.3) is 5.91 Å². The Hall–Kier alpha value is -4.39. The Morgan fingerprint density at radius 2 is 1.79 bits per heavy atom. The number of amides is 1. The van der Waals surface area contributed by atoms with Crippen molar-refractivity contribution in [2.75, 3.05) is 12.4 Å². The average Bonchev–Trinajstić information content (AvgIpc) is 3.29. The van der Waals surface area contributed by atoms with Gasteiger partial charge >= 0.3 is 5.97 Å². The molecular weight excluding hydrogens is 418 g/mol. The van der Waals surface area contributed by atoms with E-state index in [0.29, 0.717) is 29.1 Å². The van der Waals surface area contributed by atoms with Gasteiger partial charge in [-0.25, -0.2) is 4.68 Å². The largest absolute Gasteiger partial charge is 0.497 e. The van der Waals surface area contributed by atoms with E-state index in [2.05, 4.69) is 5.32 Å². The third kappa shape index (κ3) is 5.27. The van der Waals surface area contributed by atoms with Gasteiger partial charge in [-0.15, -0.1) is 0 Å². The molecule has 33 heavy (non-hydrogen) atoms. The zero-order valence-corrected chi connectivity index (χ0v) is 18.1. The molecule has 0 aliphatic carbocycles. The number of carboxylic acid groups (broad SMARTS) is 1. The molecule has 0 aliphatic rings. The number of aromatic nitrogens is 2. The van der Waals surface area contributed by atoms with E-state index in [4.69, 9.17) is 14.9 Å². The van der Waals surface area contributed by atoms with E-state index in [9.17, 15) is 9.59 Å². The number of carboxylic acids is 1. The summed E-state index contributed by atoms with van der Waals surface area (Å²) in [7, 11) is 1.59. The molecule has 1 amide bonds. The Bertz CT molecular complexity index is 1280. The molecule has 7 nitrogen and oxygen atoms in total. The summed E-state index contributed by atoms with van der Waals surface area (Å²) >= 11 is 0. The second-order valence-corrected chi connectivity index (χ2v) is 7.45. The number of hydrogen-bond donors (Lipinski definition) is 2. The summed E-state index contributed by atoms with van der Waals surface area (Å²) in [6.07, 6.45) is 2.12. The van der Waals surface area contributed by atoms with Crippen LogP contribution >= 0.6 is 0 Å². The van der Waals surface area contributed by atoms with Gasteiger partial charge in [-0.2, -0.15) is 5.10 Å². The highest BCUT2D eigenvalue weighted by molar-refractivity contribution is 6.08. The van der Waals surface area contributed by atoms with Gasteiger partial charge in [0.2, 0.25) is 0 Å². The lowest BCUT2D eigenvalue weighted by molar-refractivity contribution is -0.136. The molecule has 2 N–H and O–H groups in total. The monoisotopic (exact) mass is 441 g/mol. The molecule has 0 spiro atoms. The van der Waals surface area contributed by atoms with Crippen LogP contribution < -0.4 is 10.1 Å². The Morgan fingerprint density at radius 1 is 1.00 bits per heavy atom. The minimum absolute atomic E-state index is 0.0290. The minimum atomic E-state index is -0.860. The number of nitrogens with zero attached hydrogens (tertiary/aromatic N) is 2. The third-order valence-corrected chi connectivity index (χ3v) is 5.14. The van der Waals surface area contributed by atoms with Crippen LogP contribution in [-0.2, 0) is 11.2 Å². The number of benzene rings is 3. The smallest absolute Gasteiger partial charge is 0.303 e. The van der Waals surface area contributed by atoms with Crippen LogP contribution in [0, 0.1) is 0 Å². The van der Waals surface area contributed by atoms with E-state index >= 15 is 0 Å². The highest BCUT2D eigenvalue weighted by Gasteiger charge is 2.19. The van der Waals surface area contributed by atoms with Crippen LogP contribution in [0.1, 0.15) is 22.3 Å². The standard InChI is InChI=1S/C26H23N3O4/c1-33-22-12-6-8-19(16-22)25-23(17-29(28-25)21-10-3-2-4-11-21)26(32)27-20-9-5-7-18(15-20)13-14-24(30)31/h2-12,15-17H,13-14H2,1H3,(H,27,32)(H,30,31). The number of ether oxygens (including phenoxy) is 1. The van der Waals surface area contributed by atoms with Crippen molar-refractivity contribution in [1.82, 2.24) is 9.78 Å². The van der Waals surface area contributed by atoms with Gasteiger partial charge in [0.15, 0.2) is 0 Å². The molecule has 0 fully saturated rings. The second-order valence-electron chi connectivity index (χ2n) is 7.45. The topological polar surface area (TPSA) is 93.5 Å². The zero-order valence-electron chi connectivity index (χ0n) is 18.1. The lowest BCUT2D eigenvalue weighted by Crippen LogP contribution is -2.12. The van der Waals surface area contributed by atoms with Gasteiger partial charge < -0.3 is 15.2 Å². The van der Waals surface area contributed by atoms with Crippen LogP contribution in [0.4, 0.5) is 5.69 Å². The fourth-order valence-electron chi connectivity index (χ4n) is 3.49. The highest BCUT2D eigenvalue weighted by Crippen LogP contribution is 2.28. The molecular formula is C26H23N3O4. The lowest BCUT2D eigenvalue weighted by atomic mass is 10.1. The number of para-hydroxylation sites is 1. The van der Waals surface area contributed by atoms with Gasteiger partial charge in [0.1, 0.15) is 11.4 Å². The Labute approximate surface area is 191 Å². The fourth-order valence-corrected chi connectivity index (χ4v) is 3.49. The van der Waals surface area contributed by atoms with Crippen molar-refractivity contribution in [1.29, 1.82) is 0 Å². The third-order valence-electron chi connectivity index (χ3n) is 5.14. The number of nitrogens with one attached hydrogen (secondary N) is 1. The number of carbonyl (C=O) groups excluding carboxylic acids is 1. The summed E-state index contributed by atoms with van der Waals surface area (Å²) in [4.78, 5) is 24.2. The molecule has 0 saturated carbocycles. The second kappa shape index (κ2) is 9.82. The number of rotatable bonds is 8. The molecule has 166 valence electrons. The first-order chi connectivity index (χ1) is 16.0. The SMILES string of the molecule is COc1cccc(-c2nn(-c3ccccc3)cc2C(=O)Nc2cccc(CCC(=O)O)c2)c1. The van der Waals surface area contributed by atoms with Crippen LogP contribution in [-0.4, -0.2) is 33.9 Å². The van der Waals surface area contributed by atoms with Gasteiger partial charge in [0, 0.05) is 23.9 Å².